The molecular formula is C22H28N2O3. The Morgan fingerprint density at radius 3 is 2.81 bits per heavy atom. The average molecular weight is 368 g/mol. The average Bonchev–Trinajstić information content (AvgIpc) is 2.72. The Morgan fingerprint density at radius 2 is 2.04 bits per heavy atom. The van der Waals surface area contributed by atoms with Crippen molar-refractivity contribution in [3.8, 4) is 5.75 Å². The Morgan fingerprint density at radius 1 is 1.19 bits per heavy atom. The molecule has 0 saturated heterocycles. The quantitative estimate of drug-likeness (QED) is 0.759. The molecule has 1 N–H and O–H groups in total. The normalized spacial score (nSPS) is 15.9. The van der Waals surface area contributed by atoms with Gasteiger partial charge in [-0.15, -0.1) is 0 Å². The molecule has 0 spiro atoms. The van der Waals surface area contributed by atoms with E-state index in [-0.39, 0.29) is 24.7 Å². The third kappa shape index (κ3) is 6.36. The Bertz CT molecular complexity index is 715. The highest BCUT2D eigenvalue weighted by Gasteiger charge is 2.16. The van der Waals surface area contributed by atoms with Gasteiger partial charge in [-0.05, 0) is 49.6 Å². The fourth-order valence-corrected chi connectivity index (χ4v) is 3.31. The molecule has 1 aliphatic rings. The Balaban J connectivity index is 1.47. The number of carbonyl (C=O) groups excluding carboxylic acids is 1. The first-order valence-corrected chi connectivity index (χ1v) is 9.74. The minimum atomic E-state index is -0.106. The van der Waals surface area contributed by atoms with Crippen molar-refractivity contribution in [2.24, 2.45) is 0 Å². The molecule has 0 radical (unpaired) electrons. The summed E-state index contributed by atoms with van der Waals surface area (Å²) in [6, 6.07) is 13.4. The van der Waals surface area contributed by atoms with Gasteiger partial charge in [-0.3, -0.25) is 9.78 Å². The summed E-state index contributed by atoms with van der Waals surface area (Å²) in [5.41, 5.74) is 1.88. The maximum Gasteiger partial charge on any atom is 0.246 e. The molecular weight excluding hydrogens is 340 g/mol. The van der Waals surface area contributed by atoms with Crippen LogP contribution in [0.3, 0.4) is 0 Å². The van der Waals surface area contributed by atoms with Crippen LogP contribution in [0.1, 0.15) is 56.3 Å². The predicted molar refractivity (Wildman–Crippen MR) is 104 cm³/mol. The van der Waals surface area contributed by atoms with Crippen molar-refractivity contribution in [2.75, 3.05) is 6.61 Å². The molecule has 2 aromatic rings. The van der Waals surface area contributed by atoms with Gasteiger partial charge in [-0.2, -0.15) is 0 Å². The lowest BCUT2D eigenvalue weighted by atomic mass is 9.98. The van der Waals surface area contributed by atoms with Crippen LogP contribution in [0.15, 0.2) is 48.7 Å². The van der Waals surface area contributed by atoms with Crippen molar-refractivity contribution < 1.29 is 14.3 Å². The van der Waals surface area contributed by atoms with Crippen LogP contribution in [0.5, 0.6) is 5.75 Å². The first kappa shape index (κ1) is 19.4. The highest BCUT2D eigenvalue weighted by Crippen LogP contribution is 2.21. The zero-order chi connectivity index (χ0) is 18.9. The summed E-state index contributed by atoms with van der Waals surface area (Å²) >= 11 is 0. The van der Waals surface area contributed by atoms with Gasteiger partial charge >= 0.3 is 0 Å². The minimum absolute atomic E-state index is 0.0760. The van der Waals surface area contributed by atoms with Crippen molar-refractivity contribution in [3.63, 3.8) is 0 Å². The van der Waals surface area contributed by atoms with Gasteiger partial charge in [0.1, 0.15) is 19.0 Å². The first-order valence-electron chi connectivity index (χ1n) is 9.74. The van der Waals surface area contributed by atoms with Crippen molar-refractivity contribution in [3.05, 3.63) is 59.9 Å². The van der Waals surface area contributed by atoms with E-state index in [0.29, 0.717) is 6.61 Å². The maximum absolute atomic E-state index is 12.2. The highest BCUT2D eigenvalue weighted by molar-refractivity contribution is 5.77. The summed E-state index contributed by atoms with van der Waals surface area (Å²) in [6.07, 6.45) is 7.81. The summed E-state index contributed by atoms with van der Waals surface area (Å²) < 4.78 is 11.6. The number of ether oxygens (including phenoxy) is 2. The van der Waals surface area contributed by atoms with E-state index in [2.05, 4.69) is 10.3 Å². The molecule has 1 fully saturated rings. The smallest absolute Gasteiger partial charge is 0.246 e. The largest absolute Gasteiger partial charge is 0.487 e. The van der Waals surface area contributed by atoms with Crippen LogP contribution in [-0.2, 0) is 16.1 Å². The molecule has 3 rings (SSSR count). The summed E-state index contributed by atoms with van der Waals surface area (Å²) in [6.45, 7) is 2.52. The van der Waals surface area contributed by atoms with E-state index in [0.717, 1.165) is 29.8 Å². The number of hydrogen-bond donors (Lipinski definition) is 1. The number of aromatic nitrogens is 1. The topological polar surface area (TPSA) is 60.5 Å². The van der Waals surface area contributed by atoms with Crippen LogP contribution in [0.4, 0.5) is 0 Å². The van der Waals surface area contributed by atoms with Gasteiger partial charge in [-0.25, -0.2) is 0 Å². The molecule has 1 aromatic carbocycles. The number of nitrogens with one attached hydrogen (secondary N) is 1. The first-order chi connectivity index (χ1) is 13.2. The zero-order valence-corrected chi connectivity index (χ0v) is 15.9. The highest BCUT2D eigenvalue weighted by atomic mass is 16.5. The lowest BCUT2D eigenvalue weighted by Gasteiger charge is -2.22. The number of pyridine rings is 1. The van der Waals surface area contributed by atoms with Gasteiger partial charge < -0.3 is 14.8 Å². The summed E-state index contributed by atoms with van der Waals surface area (Å²) in [7, 11) is 0. The minimum Gasteiger partial charge on any atom is -0.487 e. The van der Waals surface area contributed by atoms with Gasteiger partial charge in [0.15, 0.2) is 0 Å². The van der Waals surface area contributed by atoms with E-state index in [1.165, 1.54) is 19.3 Å². The SMILES string of the molecule is CC(NC(=O)COC1CCCCC1)c1cccc(OCc2ccccn2)c1. The standard InChI is InChI=1S/C22H28N2O3/c1-17(24-22(25)16-27-20-10-3-2-4-11-20)18-8-7-12-21(14-18)26-15-19-9-5-6-13-23-19/h5-9,12-14,17,20H,2-4,10-11,15-16H2,1H3,(H,24,25). The van der Waals surface area contributed by atoms with Gasteiger partial charge in [0.05, 0.1) is 17.8 Å². The number of carbonyl (C=O) groups is 1. The zero-order valence-electron chi connectivity index (χ0n) is 15.9. The molecule has 5 heteroatoms. The molecule has 0 bridgehead atoms. The second-order valence-electron chi connectivity index (χ2n) is 7.04. The third-order valence-electron chi connectivity index (χ3n) is 4.85. The van der Waals surface area contributed by atoms with Crippen LogP contribution >= 0.6 is 0 Å². The molecule has 27 heavy (non-hydrogen) atoms. The van der Waals surface area contributed by atoms with E-state index in [1.807, 2.05) is 49.4 Å². The van der Waals surface area contributed by atoms with Crippen molar-refractivity contribution >= 4 is 5.91 Å². The number of nitrogens with zero attached hydrogens (tertiary/aromatic N) is 1. The number of benzene rings is 1. The molecule has 1 unspecified atom stereocenters. The van der Waals surface area contributed by atoms with Crippen LogP contribution in [0.2, 0.25) is 0 Å². The Labute approximate surface area is 161 Å². The van der Waals surface area contributed by atoms with Gasteiger partial charge in [0.2, 0.25) is 5.91 Å². The summed E-state index contributed by atoms with van der Waals surface area (Å²) in [5, 5.41) is 3.00. The second-order valence-corrected chi connectivity index (χ2v) is 7.04. The monoisotopic (exact) mass is 368 g/mol. The van der Waals surface area contributed by atoms with Crippen molar-refractivity contribution in [1.82, 2.24) is 10.3 Å². The molecule has 1 aliphatic carbocycles. The fourth-order valence-electron chi connectivity index (χ4n) is 3.31. The van der Waals surface area contributed by atoms with Crippen LogP contribution in [0, 0.1) is 0 Å². The second kappa shape index (κ2) is 10.1. The molecule has 1 atom stereocenters. The molecule has 1 heterocycles. The van der Waals surface area contributed by atoms with Gasteiger partial charge in [0.25, 0.3) is 0 Å². The van der Waals surface area contributed by atoms with E-state index in [4.69, 9.17) is 9.47 Å². The Hall–Kier alpha value is -2.40. The van der Waals surface area contributed by atoms with Crippen molar-refractivity contribution in [1.29, 1.82) is 0 Å². The van der Waals surface area contributed by atoms with E-state index in [1.54, 1.807) is 6.20 Å². The number of rotatable bonds is 8. The lowest BCUT2D eigenvalue weighted by molar-refractivity contribution is -0.129. The van der Waals surface area contributed by atoms with Gasteiger partial charge in [0, 0.05) is 6.20 Å². The van der Waals surface area contributed by atoms with Crippen LogP contribution in [-0.4, -0.2) is 23.6 Å². The molecule has 0 aliphatic heterocycles. The summed E-state index contributed by atoms with van der Waals surface area (Å²) in [4.78, 5) is 16.4. The molecule has 144 valence electrons. The summed E-state index contributed by atoms with van der Waals surface area (Å²) in [5.74, 6) is 0.686. The van der Waals surface area contributed by atoms with E-state index >= 15 is 0 Å². The molecule has 5 nitrogen and oxygen atoms in total. The van der Waals surface area contributed by atoms with Crippen LogP contribution < -0.4 is 10.1 Å². The number of amides is 1. The molecule has 1 saturated carbocycles. The third-order valence-corrected chi connectivity index (χ3v) is 4.85. The van der Waals surface area contributed by atoms with Crippen molar-refractivity contribution in [2.45, 2.75) is 57.8 Å². The van der Waals surface area contributed by atoms with Crippen LogP contribution in [0.25, 0.3) is 0 Å². The van der Waals surface area contributed by atoms with E-state index < -0.39 is 0 Å². The number of hydrogen-bond acceptors (Lipinski definition) is 4. The fraction of sp³-hybridized carbons (Fsp3) is 0.455. The molecule has 1 aromatic heterocycles. The molecule has 1 amide bonds. The van der Waals surface area contributed by atoms with E-state index in [9.17, 15) is 4.79 Å². The maximum atomic E-state index is 12.2. The Kier molecular flexibility index (Phi) is 7.22. The predicted octanol–water partition coefficient (Wildman–Crippen LogP) is 4.19. The van der Waals surface area contributed by atoms with Gasteiger partial charge in [-0.1, -0.05) is 37.5 Å². The lowest BCUT2D eigenvalue weighted by Crippen LogP contribution is -2.32.